The molecule has 3 rings (SSSR count). The van der Waals surface area contributed by atoms with E-state index in [0.717, 1.165) is 34.6 Å². The van der Waals surface area contributed by atoms with Crippen molar-refractivity contribution in [3.63, 3.8) is 0 Å². The number of carbonyl (C=O) groups excluding carboxylic acids is 2. The van der Waals surface area contributed by atoms with Crippen LogP contribution in [0.15, 0.2) is 29.2 Å². The summed E-state index contributed by atoms with van der Waals surface area (Å²) < 4.78 is 17.7. The molecule has 2 aromatic rings. The summed E-state index contributed by atoms with van der Waals surface area (Å²) in [5.41, 5.74) is 1.50. The second kappa shape index (κ2) is 7.36. The minimum Gasteiger partial charge on any atom is -0.465 e. The molecule has 1 aromatic carbocycles. The summed E-state index contributed by atoms with van der Waals surface area (Å²) in [7, 11) is 1.34. The van der Waals surface area contributed by atoms with E-state index in [-0.39, 0.29) is 17.5 Å². The number of anilines is 1. The van der Waals surface area contributed by atoms with Crippen molar-refractivity contribution in [2.75, 3.05) is 18.2 Å². The van der Waals surface area contributed by atoms with Crippen molar-refractivity contribution in [3.05, 3.63) is 46.1 Å². The smallest absolute Gasteiger partial charge is 0.341 e. The molecule has 1 aromatic heterocycles. The molecule has 1 amide bonds. The van der Waals surface area contributed by atoms with Gasteiger partial charge in [-0.3, -0.25) is 4.79 Å². The number of hydrogen-bond acceptors (Lipinski definition) is 5. The maximum atomic E-state index is 12.9. The molecule has 7 heteroatoms. The Bertz CT molecular complexity index is 771. The van der Waals surface area contributed by atoms with Crippen LogP contribution in [0, 0.1) is 5.82 Å². The van der Waals surface area contributed by atoms with Gasteiger partial charge in [-0.1, -0.05) is 0 Å². The topological polar surface area (TPSA) is 55.4 Å². The highest BCUT2D eigenvalue weighted by molar-refractivity contribution is 8.00. The molecule has 0 atom stereocenters. The molecular weight excluding hydrogens is 349 g/mol. The third kappa shape index (κ3) is 3.62. The molecule has 0 fully saturated rings. The lowest BCUT2D eigenvalue weighted by atomic mass is 10.1. The van der Waals surface area contributed by atoms with Crippen LogP contribution in [0.2, 0.25) is 0 Å². The van der Waals surface area contributed by atoms with E-state index >= 15 is 0 Å². The fourth-order valence-electron chi connectivity index (χ4n) is 2.65. The van der Waals surface area contributed by atoms with Crippen molar-refractivity contribution < 1.29 is 18.7 Å². The van der Waals surface area contributed by atoms with Crippen LogP contribution in [0.25, 0.3) is 0 Å². The number of hydrogen-bond donors (Lipinski definition) is 1. The van der Waals surface area contributed by atoms with Crippen molar-refractivity contribution in [2.45, 2.75) is 24.2 Å². The predicted molar refractivity (Wildman–Crippen MR) is 93.4 cm³/mol. The molecule has 1 aliphatic carbocycles. The lowest BCUT2D eigenvalue weighted by Crippen LogP contribution is -2.16. The van der Waals surface area contributed by atoms with Crippen molar-refractivity contribution in [3.8, 4) is 0 Å². The van der Waals surface area contributed by atoms with Gasteiger partial charge in [-0.15, -0.1) is 23.1 Å². The van der Waals surface area contributed by atoms with Crippen LogP contribution in [0.5, 0.6) is 0 Å². The number of nitrogens with one attached hydrogen (secondary N) is 1. The maximum absolute atomic E-state index is 12.9. The number of amides is 1. The molecular formula is C17H16FNO3S2. The van der Waals surface area contributed by atoms with Crippen molar-refractivity contribution in [1.29, 1.82) is 0 Å². The van der Waals surface area contributed by atoms with Gasteiger partial charge in [-0.05, 0) is 49.1 Å². The van der Waals surface area contributed by atoms with E-state index in [4.69, 9.17) is 4.74 Å². The van der Waals surface area contributed by atoms with E-state index in [0.29, 0.717) is 10.6 Å². The predicted octanol–water partition coefficient (Wildman–Crippen LogP) is 3.89. The standard InChI is InChI=1S/C17H16FNO3S2/c1-22-17(21)15-12-3-2-4-13(12)24-16(15)19-14(20)9-23-11-7-5-10(18)6-8-11/h5-8H,2-4,9H2,1H3,(H,19,20). The Morgan fingerprint density at radius 2 is 2.04 bits per heavy atom. The highest BCUT2D eigenvalue weighted by Crippen LogP contribution is 2.39. The molecule has 0 aliphatic heterocycles. The molecule has 0 radical (unpaired) electrons. The van der Waals surface area contributed by atoms with Gasteiger partial charge >= 0.3 is 5.97 Å². The number of carbonyl (C=O) groups is 2. The molecule has 0 saturated heterocycles. The second-order valence-electron chi connectivity index (χ2n) is 5.34. The maximum Gasteiger partial charge on any atom is 0.341 e. The van der Waals surface area contributed by atoms with Crippen LogP contribution >= 0.6 is 23.1 Å². The number of esters is 1. The van der Waals surface area contributed by atoms with Crippen LogP contribution < -0.4 is 5.32 Å². The van der Waals surface area contributed by atoms with Crippen LogP contribution in [-0.4, -0.2) is 24.7 Å². The molecule has 0 saturated carbocycles. The van der Waals surface area contributed by atoms with E-state index in [2.05, 4.69) is 5.32 Å². The lowest BCUT2D eigenvalue weighted by molar-refractivity contribution is -0.113. The SMILES string of the molecule is COC(=O)c1c(NC(=O)CSc2ccc(F)cc2)sc2c1CCC2. The fraction of sp³-hybridized carbons (Fsp3) is 0.294. The van der Waals surface area contributed by atoms with Crippen LogP contribution in [0.1, 0.15) is 27.2 Å². The van der Waals surface area contributed by atoms with Gasteiger partial charge < -0.3 is 10.1 Å². The molecule has 126 valence electrons. The van der Waals surface area contributed by atoms with E-state index in [1.165, 1.54) is 42.3 Å². The van der Waals surface area contributed by atoms with Gasteiger partial charge in [0, 0.05) is 9.77 Å². The Labute approximate surface area is 147 Å². The number of thiophene rings is 1. The first-order chi connectivity index (χ1) is 11.6. The molecule has 0 spiro atoms. The van der Waals surface area contributed by atoms with Crippen molar-refractivity contribution in [2.24, 2.45) is 0 Å². The summed E-state index contributed by atoms with van der Waals surface area (Å²) in [5.74, 6) is -0.723. The zero-order valence-electron chi connectivity index (χ0n) is 13.1. The Morgan fingerprint density at radius 3 is 2.75 bits per heavy atom. The second-order valence-corrected chi connectivity index (χ2v) is 7.50. The summed E-state index contributed by atoms with van der Waals surface area (Å²) in [6.45, 7) is 0. The van der Waals surface area contributed by atoms with Crippen molar-refractivity contribution in [1.82, 2.24) is 0 Å². The Kier molecular flexibility index (Phi) is 5.20. The van der Waals surface area contributed by atoms with E-state index in [9.17, 15) is 14.0 Å². The molecule has 0 unspecified atom stereocenters. The van der Waals surface area contributed by atoms with Gasteiger partial charge in [-0.25, -0.2) is 9.18 Å². The molecule has 24 heavy (non-hydrogen) atoms. The number of halogens is 1. The molecule has 4 nitrogen and oxygen atoms in total. The van der Waals surface area contributed by atoms with Crippen molar-refractivity contribution >= 4 is 40.0 Å². The summed E-state index contributed by atoms with van der Waals surface area (Å²) in [5, 5.41) is 3.39. The number of ether oxygens (including phenoxy) is 1. The van der Waals surface area contributed by atoms with E-state index in [1.54, 1.807) is 12.1 Å². The van der Waals surface area contributed by atoms with Gasteiger partial charge in [0.05, 0.1) is 18.4 Å². The van der Waals surface area contributed by atoms with Gasteiger partial charge in [0.25, 0.3) is 0 Å². The first kappa shape index (κ1) is 17.0. The summed E-state index contributed by atoms with van der Waals surface area (Å²) in [4.78, 5) is 26.2. The summed E-state index contributed by atoms with van der Waals surface area (Å²) >= 11 is 2.77. The van der Waals surface area contributed by atoms with E-state index in [1.807, 2.05) is 0 Å². The third-order valence-corrected chi connectivity index (χ3v) is 5.97. The summed E-state index contributed by atoms with van der Waals surface area (Å²) in [6, 6.07) is 5.98. The van der Waals surface area contributed by atoms with Crippen LogP contribution in [0.3, 0.4) is 0 Å². The zero-order valence-corrected chi connectivity index (χ0v) is 14.7. The molecule has 1 aliphatic rings. The Morgan fingerprint density at radius 1 is 1.29 bits per heavy atom. The molecule has 1 heterocycles. The number of methoxy groups -OCH3 is 1. The Balaban J connectivity index is 1.68. The highest BCUT2D eigenvalue weighted by Gasteiger charge is 2.27. The quantitative estimate of drug-likeness (QED) is 0.645. The van der Waals surface area contributed by atoms with Crippen LogP contribution in [0.4, 0.5) is 9.39 Å². The number of rotatable bonds is 5. The zero-order chi connectivity index (χ0) is 17.1. The number of aryl methyl sites for hydroxylation is 1. The average molecular weight is 365 g/mol. The highest BCUT2D eigenvalue weighted by atomic mass is 32.2. The molecule has 0 bridgehead atoms. The average Bonchev–Trinajstić information content (AvgIpc) is 3.14. The normalized spacial score (nSPS) is 12.8. The van der Waals surface area contributed by atoms with E-state index < -0.39 is 5.97 Å². The number of benzene rings is 1. The number of thioether (sulfide) groups is 1. The van der Waals surface area contributed by atoms with Gasteiger partial charge in [0.15, 0.2) is 0 Å². The first-order valence-electron chi connectivity index (χ1n) is 7.49. The Hall–Kier alpha value is -1.86. The minimum atomic E-state index is -0.407. The monoisotopic (exact) mass is 365 g/mol. The molecule has 1 N–H and O–H groups in total. The van der Waals surface area contributed by atoms with Gasteiger partial charge in [0.2, 0.25) is 5.91 Å². The lowest BCUT2D eigenvalue weighted by Gasteiger charge is -2.07. The van der Waals surface area contributed by atoms with Crippen LogP contribution in [-0.2, 0) is 22.4 Å². The first-order valence-corrected chi connectivity index (χ1v) is 9.29. The number of fused-ring (bicyclic) bond motifs is 1. The largest absolute Gasteiger partial charge is 0.465 e. The van der Waals surface area contributed by atoms with Gasteiger partial charge in [-0.2, -0.15) is 0 Å². The third-order valence-electron chi connectivity index (χ3n) is 3.75. The minimum absolute atomic E-state index is 0.189. The van der Waals surface area contributed by atoms with Gasteiger partial charge in [0.1, 0.15) is 10.8 Å². The summed E-state index contributed by atoms with van der Waals surface area (Å²) in [6.07, 6.45) is 2.81. The fourth-order valence-corrected chi connectivity index (χ4v) is 4.64.